The first-order valence-electron chi connectivity index (χ1n) is 22.4. The topological polar surface area (TPSA) is 0 Å². The van der Waals surface area contributed by atoms with Gasteiger partial charge in [-0.1, -0.05) is 163 Å². The van der Waals surface area contributed by atoms with Crippen LogP contribution in [0.1, 0.15) is 33.4 Å². The molecule has 0 fully saturated rings. The summed E-state index contributed by atoms with van der Waals surface area (Å²) >= 11 is 0. The molecular formula is C64H46Au2P2+2. The summed E-state index contributed by atoms with van der Waals surface area (Å²) in [5.41, 5.74) is 12.4. The zero-order valence-corrected chi connectivity index (χ0v) is 43.4. The van der Waals surface area contributed by atoms with E-state index in [1.54, 1.807) is 0 Å². The van der Waals surface area contributed by atoms with E-state index in [9.17, 15) is 0 Å². The third-order valence-corrected chi connectivity index (χ3v) is 18.4. The number of hydrogen-bond donors (Lipinski definition) is 0. The molecule has 0 saturated heterocycles. The second-order valence-electron chi connectivity index (χ2n) is 16.6. The average Bonchev–Trinajstić information content (AvgIpc) is 3.96. The van der Waals surface area contributed by atoms with Crippen LogP contribution in [-0.2, 0) is 57.6 Å². The molecule has 0 saturated carbocycles. The van der Waals surface area contributed by atoms with Crippen molar-refractivity contribution in [1.82, 2.24) is 0 Å². The van der Waals surface area contributed by atoms with Crippen molar-refractivity contribution in [3.63, 3.8) is 0 Å². The maximum absolute atomic E-state index is 7.14. The molecule has 0 atom stereocenters. The van der Waals surface area contributed by atoms with Gasteiger partial charge in [-0.05, 0) is 123 Å². The molecule has 0 nitrogen and oxygen atoms in total. The number of benzene rings is 10. The first kappa shape index (κ1) is 48.4. The SMILES string of the molecule is [Au+].[Au+].[C-]#Cc1ccc2c(c1)-c1ccccc1C2.[C-]#Cc1ccc2c(c1)Cc1ccccc1-2.c1ccc([PH+](c2ccccc2)c2cc3ccccc3cc2[PH+](c2ccccc2)c2ccccc2)cc1. The summed E-state index contributed by atoms with van der Waals surface area (Å²) in [4.78, 5) is 0. The molecule has 2 aliphatic rings. The van der Waals surface area contributed by atoms with E-state index >= 15 is 0 Å². The van der Waals surface area contributed by atoms with Gasteiger partial charge < -0.3 is 12.8 Å². The molecule has 0 radical (unpaired) electrons. The molecule has 2 aliphatic carbocycles. The van der Waals surface area contributed by atoms with Crippen LogP contribution >= 0.6 is 15.8 Å². The van der Waals surface area contributed by atoms with Gasteiger partial charge in [-0.3, -0.25) is 11.8 Å². The summed E-state index contributed by atoms with van der Waals surface area (Å²) < 4.78 is 0. The quantitative estimate of drug-likeness (QED) is 0.0674. The van der Waals surface area contributed by atoms with Crippen LogP contribution in [0.4, 0.5) is 0 Å². The van der Waals surface area contributed by atoms with Gasteiger partial charge in [0.25, 0.3) is 0 Å². The molecule has 0 aliphatic heterocycles. The molecule has 68 heavy (non-hydrogen) atoms. The van der Waals surface area contributed by atoms with Crippen LogP contribution in [0.3, 0.4) is 0 Å². The second-order valence-corrected chi connectivity index (χ2v) is 21.5. The molecule has 0 N–H and O–H groups in total. The summed E-state index contributed by atoms with van der Waals surface area (Å²) in [6.45, 7) is 0. The van der Waals surface area contributed by atoms with Crippen molar-refractivity contribution >= 4 is 58.4 Å². The monoisotopic (exact) mass is 1270 g/mol. The van der Waals surface area contributed by atoms with Gasteiger partial charge in [0.1, 0.15) is 47.7 Å². The maximum atomic E-state index is 7.14. The van der Waals surface area contributed by atoms with Crippen molar-refractivity contribution in [2.24, 2.45) is 0 Å². The minimum Gasteiger partial charge on any atom is -0.366 e. The molecule has 0 aromatic heterocycles. The zero-order chi connectivity index (χ0) is 44.7. The summed E-state index contributed by atoms with van der Waals surface area (Å²) in [7, 11) is -2.46. The Kier molecular flexibility index (Phi) is 16.2. The largest absolute Gasteiger partial charge is 1.00 e. The van der Waals surface area contributed by atoms with E-state index in [0.29, 0.717) is 0 Å². The van der Waals surface area contributed by atoms with Gasteiger partial charge in [0.15, 0.2) is 0 Å². The molecule has 0 unspecified atom stereocenters. The zero-order valence-electron chi connectivity index (χ0n) is 37.1. The first-order chi connectivity index (χ1) is 32.6. The normalized spacial score (nSPS) is 11.1. The molecule has 10 aromatic rings. The van der Waals surface area contributed by atoms with E-state index in [1.165, 1.54) is 87.1 Å². The average molecular weight is 1270 g/mol. The van der Waals surface area contributed by atoms with E-state index in [4.69, 9.17) is 12.8 Å². The Balaban J connectivity index is 0.000000160. The van der Waals surface area contributed by atoms with Crippen molar-refractivity contribution in [2.75, 3.05) is 0 Å². The van der Waals surface area contributed by atoms with Gasteiger partial charge in [-0.15, -0.1) is 35.4 Å². The fourth-order valence-electron chi connectivity index (χ4n) is 9.45. The standard InChI is InChI=1S/C34H26P2.2C15H9.2Au/c1-5-17-29(18-6-1)35(30-19-7-2-8-20-30)33-25-27-15-13-14-16-28(27)26-34(33)36(31-21-9-3-10-22-31)32-23-11-4-12-24-32;1-2-11-7-8-15-13(9-11)10-12-5-3-4-6-14(12)15;1-2-11-7-8-13-10-12-5-3-4-6-14(12)15(13)9-11;;/h1-26H;2*3-9H,10H2;;/q;2*-1;2*+1/p+2. The molecule has 0 bridgehead atoms. The third kappa shape index (κ3) is 10.5. The summed E-state index contributed by atoms with van der Waals surface area (Å²) in [5, 5.41) is 11.3. The molecule has 10 aromatic carbocycles. The van der Waals surface area contributed by atoms with Crippen LogP contribution in [0.5, 0.6) is 0 Å². The Labute approximate surface area is 435 Å². The van der Waals surface area contributed by atoms with Crippen LogP contribution in [0.2, 0.25) is 0 Å². The van der Waals surface area contributed by atoms with Crippen LogP contribution in [-0.4, -0.2) is 0 Å². The fraction of sp³-hybridized carbons (Fsp3) is 0.0312. The minimum absolute atomic E-state index is 0. The van der Waals surface area contributed by atoms with Crippen LogP contribution in [0, 0.1) is 24.7 Å². The van der Waals surface area contributed by atoms with Gasteiger partial charge in [0, 0.05) is 0 Å². The Hall–Kier alpha value is -6.08. The van der Waals surface area contributed by atoms with E-state index < -0.39 is 15.8 Å². The van der Waals surface area contributed by atoms with Crippen LogP contribution in [0.15, 0.2) is 243 Å². The van der Waals surface area contributed by atoms with Crippen molar-refractivity contribution in [3.8, 4) is 34.1 Å². The van der Waals surface area contributed by atoms with Crippen molar-refractivity contribution in [1.29, 1.82) is 0 Å². The molecule has 0 spiro atoms. The number of rotatable bonds is 6. The van der Waals surface area contributed by atoms with Crippen molar-refractivity contribution < 1.29 is 44.8 Å². The summed E-state index contributed by atoms with van der Waals surface area (Å²) in [6.07, 6.45) is 16.3. The van der Waals surface area contributed by atoms with Gasteiger partial charge in [0.2, 0.25) is 0 Å². The van der Waals surface area contributed by atoms with E-state index in [1.807, 2.05) is 18.2 Å². The molecule has 0 amide bonds. The molecule has 4 heteroatoms. The number of hydrogen-bond acceptors (Lipinski definition) is 0. The Morgan fingerprint density at radius 1 is 0.294 bits per heavy atom. The van der Waals surface area contributed by atoms with Crippen LogP contribution in [0.25, 0.3) is 33.0 Å². The Morgan fingerprint density at radius 3 is 1.09 bits per heavy atom. The predicted molar refractivity (Wildman–Crippen MR) is 286 cm³/mol. The van der Waals surface area contributed by atoms with Gasteiger partial charge >= 0.3 is 44.8 Å². The van der Waals surface area contributed by atoms with Crippen LogP contribution < -0.4 is 31.8 Å². The van der Waals surface area contributed by atoms with Gasteiger partial charge in [-0.25, -0.2) is 0 Å². The maximum Gasteiger partial charge on any atom is 1.00 e. The summed E-state index contributed by atoms with van der Waals surface area (Å²) in [6, 6.07) is 87.5. The Morgan fingerprint density at radius 2 is 0.632 bits per heavy atom. The fourth-order valence-corrected chi connectivity index (χ4v) is 15.5. The van der Waals surface area contributed by atoms with Gasteiger partial charge in [0.05, 0.1) is 0 Å². The first-order valence-corrected chi connectivity index (χ1v) is 25.4. The smallest absolute Gasteiger partial charge is 0.366 e. The predicted octanol–water partition coefficient (Wildman–Crippen LogP) is 12.2. The van der Waals surface area contributed by atoms with Crippen molar-refractivity contribution in [2.45, 2.75) is 12.8 Å². The molecule has 0 heterocycles. The second kappa shape index (κ2) is 22.8. The molecule has 12 rings (SSSR count). The third-order valence-electron chi connectivity index (χ3n) is 12.6. The van der Waals surface area contributed by atoms with Gasteiger partial charge in [-0.2, -0.15) is 0 Å². The van der Waals surface area contributed by atoms with E-state index in [-0.39, 0.29) is 44.8 Å². The Bertz CT molecular complexity index is 3190. The minimum atomic E-state index is -1.23. The number of fused-ring (bicyclic) bond motifs is 7. The summed E-state index contributed by atoms with van der Waals surface area (Å²) in [5.74, 6) is 4.87. The molecular weight excluding hydrogens is 1220 g/mol. The van der Waals surface area contributed by atoms with E-state index in [0.717, 1.165) is 24.0 Å². The molecule has 332 valence electrons. The van der Waals surface area contributed by atoms with Crippen molar-refractivity contribution in [3.05, 3.63) is 289 Å². The van der Waals surface area contributed by atoms with E-state index in [2.05, 4.69) is 236 Å².